The molecule has 0 spiro atoms. The van der Waals surface area contributed by atoms with Crippen LogP contribution in [0.2, 0.25) is 0 Å². The number of nitrogens with zero attached hydrogens (tertiary/aromatic N) is 2. The minimum atomic E-state index is 0.0833. The van der Waals surface area contributed by atoms with Crippen molar-refractivity contribution in [3.8, 4) is 5.69 Å². The molecule has 1 heterocycles. The highest BCUT2D eigenvalue weighted by molar-refractivity contribution is 5.75. The first kappa shape index (κ1) is 14.3. The van der Waals surface area contributed by atoms with Gasteiger partial charge in [-0.05, 0) is 19.1 Å². The molecule has 1 aromatic heterocycles. The van der Waals surface area contributed by atoms with E-state index in [1.807, 2.05) is 54.3 Å². The summed E-state index contributed by atoms with van der Waals surface area (Å²) < 4.78 is 1.85. The van der Waals surface area contributed by atoms with Gasteiger partial charge >= 0.3 is 0 Å². The molecule has 0 saturated carbocycles. The van der Waals surface area contributed by atoms with Gasteiger partial charge in [0.25, 0.3) is 0 Å². The Morgan fingerprint density at radius 1 is 1.30 bits per heavy atom. The van der Waals surface area contributed by atoms with E-state index in [0.717, 1.165) is 11.3 Å². The summed E-state index contributed by atoms with van der Waals surface area (Å²) in [6, 6.07) is 9.98. The molecule has 2 N–H and O–H groups in total. The van der Waals surface area contributed by atoms with Crippen LogP contribution < -0.4 is 10.6 Å². The Morgan fingerprint density at radius 3 is 2.85 bits per heavy atom. The van der Waals surface area contributed by atoms with E-state index in [9.17, 15) is 4.79 Å². The monoisotopic (exact) mass is 272 g/mol. The summed E-state index contributed by atoms with van der Waals surface area (Å²) in [6.07, 6.45) is 4.33. The zero-order chi connectivity index (χ0) is 14.2. The Kier molecular flexibility index (Phi) is 5.32. The second kappa shape index (κ2) is 7.45. The number of hydrogen-bond acceptors (Lipinski definition) is 3. The van der Waals surface area contributed by atoms with Crippen LogP contribution in [0.25, 0.3) is 5.69 Å². The molecule has 0 aliphatic rings. The number of amides is 1. The van der Waals surface area contributed by atoms with Crippen LogP contribution in [-0.2, 0) is 11.3 Å². The Morgan fingerprint density at radius 2 is 2.10 bits per heavy atom. The lowest BCUT2D eigenvalue weighted by molar-refractivity contribution is -0.120. The van der Waals surface area contributed by atoms with Gasteiger partial charge in [-0.25, -0.2) is 4.68 Å². The van der Waals surface area contributed by atoms with Gasteiger partial charge in [-0.2, -0.15) is 5.10 Å². The highest BCUT2D eigenvalue weighted by Gasteiger charge is 2.01. The predicted octanol–water partition coefficient (Wildman–Crippen LogP) is 1.49. The van der Waals surface area contributed by atoms with Crippen molar-refractivity contribution < 1.29 is 4.79 Å². The lowest BCUT2D eigenvalue weighted by Gasteiger charge is -2.03. The van der Waals surface area contributed by atoms with Crippen molar-refractivity contribution in [2.75, 3.05) is 13.1 Å². The van der Waals surface area contributed by atoms with Gasteiger partial charge in [-0.15, -0.1) is 0 Å². The Bertz CT molecular complexity index is 536. The summed E-state index contributed by atoms with van der Waals surface area (Å²) in [6.45, 7) is 3.99. The zero-order valence-electron chi connectivity index (χ0n) is 11.7. The molecule has 2 aromatic rings. The van der Waals surface area contributed by atoms with Crippen LogP contribution in [0.15, 0.2) is 42.7 Å². The summed E-state index contributed by atoms with van der Waals surface area (Å²) in [5.41, 5.74) is 2.14. The van der Waals surface area contributed by atoms with Crippen molar-refractivity contribution in [2.45, 2.75) is 19.9 Å². The van der Waals surface area contributed by atoms with Gasteiger partial charge in [0.2, 0.25) is 5.91 Å². The molecule has 106 valence electrons. The first-order chi connectivity index (χ1) is 9.79. The van der Waals surface area contributed by atoms with Crippen LogP contribution in [0, 0.1) is 0 Å². The molecule has 0 radical (unpaired) electrons. The molecular weight excluding hydrogens is 252 g/mol. The Balaban J connectivity index is 1.78. The van der Waals surface area contributed by atoms with E-state index in [-0.39, 0.29) is 5.91 Å². The highest BCUT2D eigenvalue weighted by Crippen LogP contribution is 2.07. The maximum absolute atomic E-state index is 11.3. The number of aromatic nitrogens is 2. The molecule has 0 aliphatic carbocycles. The summed E-state index contributed by atoms with van der Waals surface area (Å²) in [7, 11) is 0. The van der Waals surface area contributed by atoms with Crippen molar-refractivity contribution in [1.29, 1.82) is 0 Å². The molecule has 0 unspecified atom stereocenters. The standard InChI is InChI=1S/C15H20N4O/c1-2-17-15(20)8-9-16-10-13-11-18-19(12-13)14-6-4-3-5-7-14/h3-7,11-12,16H,2,8-10H2,1H3,(H,17,20). The van der Waals surface area contributed by atoms with Gasteiger partial charge < -0.3 is 10.6 Å². The summed E-state index contributed by atoms with van der Waals surface area (Å²) in [4.78, 5) is 11.3. The largest absolute Gasteiger partial charge is 0.356 e. The van der Waals surface area contributed by atoms with E-state index < -0.39 is 0 Å². The number of carbonyl (C=O) groups excluding carboxylic acids is 1. The maximum Gasteiger partial charge on any atom is 0.221 e. The van der Waals surface area contributed by atoms with Crippen molar-refractivity contribution in [3.63, 3.8) is 0 Å². The van der Waals surface area contributed by atoms with Crippen LogP contribution in [-0.4, -0.2) is 28.8 Å². The van der Waals surface area contributed by atoms with Gasteiger partial charge in [0.15, 0.2) is 0 Å². The fourth-order valence-corrected chi connectivity index (χ4v) is 1.89. The minimum absolute atomic E-state index is 0.0833. The van der Waals surface area contributed by atoms with Crippen LogP contribution in [0.5, 0.6) is 0 Å². The van der Waals surface area contributed by atoms with Crippen molar-refractivity contribution in [1.82, 2.24) is 20.4 Å². The van der Waals surface area contributed by atoms with Gasteiger partial charge in [-0.3, -0.25) is 4.79 Å². The molecule has 5 nitrogen and oxygen atoms in total. The molecule has 1 aromatic carbocycles. The predicted molar refractivity (Wildman–Crippen MR) is 78.6 cm³/mol. The smallest absolute Gasteiger partial charge is 0.221 e. The van der Waals surface area contributed by atoms with E-state index in [2.05, 4.69) is 15.7 Å². The van der Waals surface area contributed by atoms with Crippen LogP contribution in [0.4, 0.5) is 0 Å². The molecule has 0 bridgehead atoms. The molecule has 2 rings (SSSR count). The third-order valence-electron chi connectivity index (χ3n) is 2.89. The number of para-hydroxylation sites is 1. The maximum atomic E-state index is 11.3. The third-order valence-corrected chi connectivity index (χ3v) is 2.89. The van der Waals surface area contributed by atoms with Crippen molar-refractivity contribution in [2.24, 2.45) is 0 Å². The van der Waals surface area contributed by atoms with Gasteiger partial charge in [0, 0.05) is 37.8 Å². The van der Waals surface area contributed by atoms with Crippen LogP contribution in [0.3, 0.4) is 0 Å². The minimum Gasteiger partial charge on any atom is -0.356 e. The molecular formula is C15H20N4O. The topological polar surface area (TPSA) is 59.0 Å². The lowest BCUT2D eigenvalue weighted by atomic mass is 10.3. The van der Waals surface area contributed by atoms with Crippen LogP contribution >= 0.6 is 0 Å². The third kappa shape index (κ3) is 4.20. The van der Waals surface area contributed by atoms with E-state index >= 15 is 0 Å². The lowest BCUT2D eigenvalue weighted by Crippen LogP contribution is -2.27. The molecule has 0 aliphatic heterocycles. The molecule has 5 heteroatoms. The summed E-state index contributed by atoms with van der Waals surface area (Å²) in [5, 5.41) is 10.3. The van der Waals surface area contributed by atoms with E-state index in [1.165, 1.54) is 0 Å². The normalized spacial score (nSPS) is 10.4. The number of carbonyl (C=O) groups is 1. The van der Waals surface area contributed by atoms with E-state index in [4.69, 9.17) is 0 Å². The van der Waals surface area contributed by atoms with Gasteiger partial charge in [0.1, 0.15) is 0 Å². The Hall–Kier alpha value is -2.14. The first-order valence-electron chi connectivity index (χ1n) is 6.86. The fraction of sp³-hybridized carbons (Fsp3) is 0.333. The number of rotatable bonds is 7. The Labute approximate surface area is 119 Å². The molecule has 0 saturated heterocycles. The molecule has 0 atom stereocenters. The number of hydrogen-bond donors (Lipinski definition) is 2. The second-order valence-electron chi connectivity index (χ2n) is 4.51. The average Bonchev–Trinajstić information content (AvgIpc) is 2.94. The molecule has 0 fully saturated rings. The van der Waals surface area contributed by atoms with Crippen molar-refractivity contribution in [3.05, 3.63) is 48.3 Å². The van der Waals surface area contributed by atoms with Gasteiger partial charge in [0.05, 0.1) is 11.9 Å². The summed E-state index contributed by atoms with van der Waals surface area (Å²) in [5.74, 6) is 0.0833. The summed E-state index contributed by atoms with van der Waals surface area (Å²) >= 11 is 0. The van der Waals surface area contributed by atoms with Gasteiger partial charge in [-0.1, -0.05) is 18.2 Å². The average molecular weight is 272 g/mol. The first-order valence-corrected chi connectivity index (χ1v) is 6.86. The van der Waals surface area contributed by atoms with Crippen LogP contribution in [0.1, 0.15) is 18.9 Å². The molecule has 20 heavy (non-hydrogen) atoms. The second-order valence-corrected chi connectivity index (χ2v) is 4.51. The van der Waals surface area contributed by atoms with Crippen molar-refractivity contribution >= 4 is 5.91 Å². The zero-order valence-corrected chi connectivity index (χ0v) is 11.7. The quantitative estimate of drug-likeness (QED) is 0.751. The SMILES string of the molecule is CCNC(=O)CCNCc1cnn(-c2ccccc2)c1. The van der Waals surface area contributed by atoms with E-state index in [1.54, 1.807) is 0 Å². The number of benzene rings is 1. The number of nitrogens with one attached hydrogen (secondary N) is 2. The molecule has 1 amide bonds. The highest BCUT2D eigenvalue weighted by atomic mass is 16.1. The van der Waals surface area contributed by atoms with E-state index in [0.29, 0.717) is 26.1 Å². The fourth-order valence-electron chi connectivity index (χ4n) is 1.89.